The van der Waals surface area contributed by atoms with E-state index in [2.05, 4.69) is 16.0 Å². The Kier molecular flexibility index (Phi) is 15.5. The van der Waals surface area contributed by atoms with Gasteiger partial charge in [-0.2, -0.15) is 0 Å². The van der Waals surface area contributed by atoms with E-state index in [9.17, 15) is 28.8 Å². The van der Waals surface area contributed by atoms with E-state index < -0.39 is 46.7 Å². The fourth-order valence-corrected chi connectivity index (χ4v) is 5.27. The Bertz CT molecular complexity index is 1000. The molecular formula is C32H58N6O6. The van der Waals surface area contributed by atoms with Gasteiger partial charge in [-0.05, 0) is 62.9 Å². The number of Topliss-reactive ketones (excluding diaryl/α,β-unsaturated/α-hetero) is 1. The summed E-state index contributed by atoms with van der Waals surface area (Å²) >= 11 is 0. The van der Waals surface area contributed by atoms with Gasteiger partial charge in [-0.1, -0.05) is 67.7 Å². The Balaban J connectivity index is 0.000000445. The number of urea groups is 1. The highest BCUT2D eigenvalue weighted by Crippen LogP contribution is 2.31. The highest BCUT2D eigenvalue weighted by Gasteiger charge is 2.37. The zero-order chi connectivity index (χ0) is 33.8. The molecule has 1 saturated heterocycles. The largest absolute Gasteiger partial charge is 0.363 e. The second-order valence-corrected chi connectivity index (χ2v) is 14.3. The van der Waals surface area contributed by atoms with Crippen LogP contribution in [0.4, 0.5) is 4.79 Å². The van der Waals surface area contributed by atoms with Gasteiger partial charge >= 0.3 is 6.03 Å². The molecule has 2 rings (SSSR count). The first-order valence-corrected chi connectivity index (χ1v) is 16.0. The summed E-state index contributed by atoms with van der Waals surface area (Å²) in [6.07, 6.45) is 7.16. The predicted molar refractivity (Wildman–Crippen MR) is 171 cm³/mol. The van der Waals surface area contributed by atoms with E-state index in [1.165, 1.54) is 0 Å². The maximum Gasteiger partial charge on any atom is 0.316 e. The number of likely N-dealkylation sites (tertiary alicyclic amines) is 1. The van der Waals surface area contributed by atoms with Gasteiger partial charge < -0.3 is 31.4 Å². The lowest BCUT2D eigenvalue weighted by Crippen LogP contribution is -2.59. The van der Waals surface area contributed by atoms with Crippen molar-refractivity contribution in [3.8, 4) is 0 Å². The van der Waals surface area contributed by atoms with Crippen molar-refractivity contribution in [3.05, 3.63) is 0 Å². The van der Waals surface area contributed by atoms with E-state index in [1.807, 2.05) is 67.3 Å². The van der Waals surface area contributed by atoms with E-state index in [1.54, 1.807) is 4.90 Å². The van der Waals surface area contributed by atoms with Crippen LogP contribution in [0.1, 0.15) is 100 Å². The molecule has 0 aromatic carbocycles. The molecule has 252 valence electrons. The van der Waals surface area contributed by atoms with Crippen LogP contribution in [0.5, 0.6) is 0 Å². The lowest BCUT2D eigenvalue weighted by atomic mass is 9.80. The molecular weight excluding hydrogens is 564 g/mol. The average molecular weight is 623 g/mol. The van der Waals surface area contributed by atoms with Crippen LogP contribution in [-0.4, -0.2) is 96.5 Å². The van der Waals surface area contributed by atoms with E-state index in [0.29, 0.717) is 25.4 Å². The quantitative estimate of drug-likeness (QED) is 0.180. The van der Waals surface area contributed by atoms with Crippen molar-refractivity contribution in [2.24, 2.45) is 22.5 Å². The summed E-state index contributed by atoms with van der Waals surface area (Å²) in [6.45, 7) is 17.4. The molecule has 12 nitrogen and oxygen atoms in total. The third kappa shape index (κ3) is 12.2. The van der Waals surface area contributed by atoms with E-state index >= 15 is 0 Å². The van der Waals surface area contributed by atoms with Gasteiger partial charge in [-0.15, -0.1) is 0 Å². The molecule has 12 heteroatoms. The van der Waals surface area contributed by atoms with Gasteiger partial charge in [0.2, 0.25) is 17.6 Å². The molecule has 1 aliphatic carbocycles. The first-order valence-electron chi connectivity index (χ1n) is 16.0. The van der Waals surface area contributed by atoms with Crippen LogP contribution >= 0.6 is 0 Å². The SMILES string of the molecule is CCCN(CC)C(=O)C(NC(=O)NC(C=O)C(C)(C)C)C(C)(C)C.CN1CCCC1C(=O)NC(CC1CCC1)C(=O)C(N)=O. The lowest BCUT2D eigenvalue weighted by Gasteiger charge is -2.35. The van der Waals surface area contributed by atoms with Crippen LogP contribution < -0.4 is 21.7 Å². The third-order valence-corrected chi connectivity index (χ3v) is 8.42. The Labute approximate surface area is 264 Å². The minimum absolute atomic E-state index is 0.0968. The number of nitrogens with one attached hydrogen (secondary N) is 3. The van der Waals surface area contributed by atoms with Crippen molar-refractivity contribution >= 4 is 35.8 Å². The van der Waals surface area contributed by atoms with Crippen molar-refractivity contribution in [1.29, 1.82) is 0 Å². The number of amides is 5. The molecule has 1 saturated carbocycles. The summed E-state index contributed by atoms with van der Waals surface area (Å²) in [6, 6.07) is -2.72. The molecule has 0 spiro atoms. The maximum atomic E-state index is 12.8. The molecule has 4 atom stereocenters. The Morgan fingerprint density at radius 1 is 0.932 bits per heavy atom. The normalized spacial score (nSPS) is 19.2. The van der Waals surface area contributed by atoms with Crippen molar-refractivity contribution < 1.29 is 28.8 Å². The lowest BCUT2D eigenvalue weighted by molar-refractivity contribution is -0.139. The fraction of sp³-hybridized carbons (Fsp3) is 0.812. The van der Waals surface area contributed by atoms with Gasteiger partial charge in [0.1, 0.15) is 12.3 Å². The summed E-state index contributed by atoms with van der Waals surface area (Å²) in [5.74, 6) is -1.48. The van der Waals surface area contributed by atoms with Gasteiger partial charge in [0.25, 0.3) is 5.91 Å². The van der Waals surface area contributed by atoms with Crippen molar-refractivity contribution in [1.82, 2.24) is 25.8 Å². The van der Waals surface area contributed by atoms with Crippen LogP contribution in [0.3, 0.4) is 0 Å². The van der Waals surface area contributed by atoms with E-state index in [4.69, 9.17) is 5.73 Å². The van der Waals surface area contributed by atoms with Gasteiger partial charge in [0, 0.05) is 13.1 Å². The summed E-state index contributed by atoms with van der Waals surface area (Å²) in [5.41, 5.74) is 4.25. The van der Waals surface area contributed by atoms with E-state index in [-0.39, 0.29) is 17.9 Å². The van der Waals surface area contributed by atoms with Crippen molar-refractivity contribution in [2.45, 2.75) is 125 Å². The fourth-order valence-electron chi connectivity index (χ4n) is 5.27. The third-order valence-electron chi connectivity index (χ3n) is 8.42. The van der Waals surface area contributed by atoms with Gasteiger partial charge in [0.05, 0.1) is 18.1 Å². The molecule has 2 aliphatic rings. The number of hydrogen-bond donors (Lipinski definition) is 4. The van der Waals surface area contributed by atoms with Gasteiger partial charge in [-0.25, -0.2) is 4.79 Å². The molecule has 0 aromatic heterocycles. The topological polar surface area (TPSA) is 171 Å². The van der Waals surface area contributed by atoms with Gasteiger partial charge in [0.15, 0.2) is 0 Å². The number of rotatable bonds is 13. The maximum absolute atomic E-state index is 12.8. The first-order chi connectivity index (χ1) is 20.4. The number of hydrogen-bond acceptors (Lipinski definition) is 7. The Morgan fingerprint density at radius 3 is 1.93 bits per heavy atom. The summed E-state index contributed by atoms with van der Waals surface area (Å²) < 4.78 is 0. The number of ketones is 1. The summed E-state index contributed by atoms with van der Waals surface area (Å²) in [7, 11) is 1.90. The van der Waals surface area contributed by atoms with Crippen molar-refractivity contribution in [3.63, 3.8) is 0 Å². The highest BCUT2D eigenvalue weighted by atomic mass is 16.2. The number of nitrogens with zero attached hydrogens (tertiary/aromatic N) is 2. The number of carbonyl (C=O) groups excluding carboxylic acids is 6. The molecule has 1 aliphatic heterocycles. The number of carbonyl (C=O) groups is 6. The monoisotopic (exact) mass is 622 g/mol. The molecule has 0 bridgehead atoms. The molecule has 2 fully saturated rings. The van der Waals surface area contributed by atoms with E-state index in [0.717, 1.165) is 51.4 Å². The predicted octanol–water partition coefficient (Wildman–Crippen LogP) is 2.38. The van der Waals surface area contributed by atoms with Crippen LogP contribution in [0.15, 0.2) is 0 Å². The summed E-state index contributed by atoms with van der Waals surface area (Å²) in [5, 5.41) is 8.17. The van der Waals surface area contributed by atoms with Crippen LogP contribution in [0.25, 0.3) is 0 Å². The molecule has 5 N–H and O–H groups in total. The Hall–Kier alpha value is -3.02. The Morgan fingerprint density at radius 2 is 1.55 bits per heavy atom. The number of aldehydes is 1. The zero-order valence-corrected chi connectivity index (χ0v) is 28.5. The number of nitrogens with two attached hydrogens (primary N) is 1. The molecule has 5 amide bonds. The number of likely N-dealkylation sites (N-methyl/N-ethyl adjacent to an activating group) is 2. The van der Waals surface area contributed by atoms with Gasteiger partial charge in [-0.3, -0.25) is 24.1 Å². The van der Waals surface area contributed by atoms with Crippen LogP contribution in [-0.2, 0) is 24.0 Å². The first kappa shape index (κ1) is 39.0. The minimum atomic E-state index is -0.964. The second kappa shape index (κ2) is 17.5. The smallest absolute Gasteiger partial charge is 0.316 e. The molecule has 4 unspecified atom stereocenters. The summed E-state index contributed by atoms with van der Waals surface area (Å²) in [4.78, 5) is 75.3. The average Bonchev–Trinajstić information content (AvgIpc) is 3.34. The van der Waals surface area contributed by atoms with Crippen LogP contribution in [0.2, 0.25) is 0 Å². The zero-order valence-electron chi connectivity index (χ0n) is 28.5. The molecule has 44 heavy (non-hydrogen) atoms. The molecule has 0 aromatic rings. The minimum Gasteiger partial charge on any atom is -0.363 e. The standard InChI is InChI=1S/C18H35N3O3.C14H23N3O3/c1-9-11-21(10-2)15(23)14(18(6,7)8)20-16(24)19-13(12-22)17(3,4)5;1-17-7-3-6-11(17)14(20)16-10(12(18)13(15)19)8-9-4-2-5-9/h12-14H,9-11H2,1-8H3,(H2,19,20,24);9-11H,2-8H2,1H3,(H2,15,19)(H,16,20). The molecule has 1 heterocycles. The second-order valence-electron chi connectivity index (χ2n) is 14.3. The highest BCUT2D eigenvalue weighted by molar-refractivity contribution is 6.37. The van der Waals surface area contributed by atoms with Crippen molar-refractivity contribution in [2.75, 3.05) is 26.7 Å². The van der Waals surface area contributed by atoms with Crippen LogP contribution in [0, 0.1) is 16.7 Å². The number of primary amides is 1. The molecule has 0 radical (unpaired) electrons.